The second kappa shape index (κ2) is 8.43. The summed E-state index contributed by atoms with van der Waals surface area (Å²) in [6, 6.07) is 15.5. The maximum atomic E-state index is 12.5. The summed E-state index contributed by atoms with van der Waals surface area (Å²) in [5, 5.41) is 3.53. The SMILES string of the molecule is Cc1nccn1-c1ccccc1CNC(=O)[C@@H](C)Sc1ccc(Cl)cc1. The Hall–Kier alpha value is -2.24. The molecule has 0 saturated heterocycles. The van der Waals surface area contributed by atoms with Crippen molar-refractivity contribution in [2.24, 2.45) is 0 Å². The number of thioether (sulfide) groups is 1. The van der Waals surface area contributed by atoms with Crippen molar-refractivity contribution in [2.75, 3.05) is 0 Å². The minimum Gasteiger partial charge on any atom is -0.351 e. The van der Waals surface area contributed by atoms with Gasteiger partial charge in [-0.25, -0.2) is 4.98 Å². The summed E-state index contributed by atoms with van der Waals surface area (Å²) in [6.07, 6.45) is 3.70. The van der Waals surface area contributed by atoms with Crippen LogP contribution in [-0.4, -0.2) is 20.7 Å². The molecule has 1 N–H and O–H groups in total. The van der Waals surface area contributed by atoms with E-state index in [2.05, 4.69) is 10.3 Å². The molecule has 0 aliphatic rings. The molecule has 0 bridgehead atoms. The predicted octanol–water partition coefficient (Wildman–Crippen LogP) is 4.63. The summed E-state index contributed by atoms with van der Waals surface area (Å²) in [5.41, 5.74) is 2.08. The van der Waals surface area contributed by atoms with E-state index in [0.29, 0.717) is 11.6 Å². The molecular weight excluding hydrogens is 366 g/mol. The van der Waals surface area contributed by atoms with Gasteiger partial charge in [-0.05, 0) is 49.7 Å². The Morgan fingerprint density at radius 1 is 1.23 bits per heavy atom. The van der Waals surface area contributed by atoms with Crippen molar-refractivity contribution in [1.82, 2.24) is 14.9 Å². The van der Waals surface area contributed by atoms with Crippen molar-refractivity contribution in [1.29, 1.82) is 0 Å². The van der Waals surface area contributed by atoms with E-state index < -0.39 is 0 Å². The van der Waals surface area contributed by atoms with Gasteiger partial charge in [0.2, 0.25) is 5.91 Å². The highest BCUT2D eigenvalue weighted by atomic mass is 35.5. The van der Waals surface area contributed by atoms with Crippen molar-refractivity contribution in [3.8, 4) is 5.69 Å². The van der Waals surface area contributed by atoms with E-state index in [4.69, 9.17) is 11.6 Å². The minimum absolute atomic E-state index is 0.00195. The Kier molecular flexibility index (Phi) is 6.01. The molecule has 0 spiro atoms. The highest BCUT2D eigenvalue weighted by molar-refractivity contribution is 8.00. The molecule has 26 heavy (non-hydrogen) atoms. The van der Waals surface area contributed by atoms with E-state index in [1.165, 1.54) is 11.8 Å². The number of aryl methyl sites for hydroxylation is 1. The Morgan fingerprint density at radius 3 is 2.65 bits per heavy atom. The van der Waals surface area contributed by atoms with Crippen LogP contribution in [0.2, 0.25) is 5.02 Å². The third-order valence-corrected chi connectivity index (χ3v) is 5.39. The maximum absolute atomic E-state index is 12.5. The molecule has 0 unspecified atom stereocenters. The van der Waals surface area contributed by atoms with Gasteiger partial charge in [0.05, 0.1) is 10.9 Å². The van der Waals surface area contributed by atoms with Gasteiger partial charge in [-0.2, -0.15) is 0 Å². The Balaban J connectivity index is 1.64. The molecular formula is C20H20ClN3OS. The number of benzene rings is 2. The lowest BCUT2D eigenvalue weighted by Gasteiger charge is -2.15. The number of carbonyl (C=O) groups excluding carboxylic acids is 1. The molecule has 0 saturated carbocycles. The number of hydrogen-bond donors (Lipinski definition) is 1. The largest absolute Gasteiger partial charge is 0.351 e. The van der Waals surface area contributed by atoms with E-state index in [1.54, 1.807) is 6.20 Å². The fraction of sp³-hybridized carbons (Fsp3) is 0.200. The summed E-state index contributed by atoms with van der Waals surface area (Å²) in [6.45, 7) is 4.33. The minimum atomic E-state index is -0.196. The fourth-order valence-electron chi connectivity index (χ4n) is 2.62. The monoisotopic (exact) mass is 385 g/mol. The zero-order valence-electron chi connectivity index (χ0n) is 14.6. The number of imidazole rings is 1. The van der Waals surface area contributed by atoms with Gasteiger partial charge in [0, 0.05) is 28.9 Å². The second-order valence-corrected chi connectivity index (χ2v) is 7.76. The van der Waals surface area contributed by atoms with Gasteiger partial charge in [0.1, 0.15) is 5.82 Å². The topological polar surface area (TPSA) is 46.9 Å². The lowest BCUT2D eigenvalue weighted by atomic mass is 10.1. The summed E-state index contributed by atoms with van der Waals surface area (Å²) < 4.78 is 2.02. The summed E-state index contributed by atoms with van der Waals surface area (Å²) in [7, 11) is 0. The maximum Gasteiger partial charge on any atom is 0.233 e. The molecule has 1 atom stereocenters. The molecule has 4 nitrogen and oxygen atoms in total. The van der Waals surface area contributed by atoms with E-state index in [-0.39, 0.29) is 11.2 Å². The van der Waals surface area contributed by atoms with E-state index >= 15 is 0 Å². The van der Waals surface area contributed by atoms with Crippen LogP contribution in [0, 0.1) is 6.92 Å². The predicted molar refractivity (Wildman–Crippen MR) is 107 cm³/mol. The number of aromatic nitrogens is 2. The molecule has 3 rings (SSSR count). The highest BCUT2D eigenvalue weighted by Crippen LogP contribution is 2.25. The van der Waals surface area contributed by atoms with Crippen LogP contribution >= 0.6 is 23.4 Å². The number of nitrogens with zero attached hydrogens (tertiary/aromatic N) is 2. The van der Waals surface area contributed by atoms with Gasteiger partial charge in [0.25, 0.3) is 0 Å². The average Bonchev–Trinajstić information content (AvgIpc) is 3.07. The molecule has 0 fully saturated rings. The van der Waals surface area contributed by atoms with Crippen molar-refractivity contribution >= 4 is 29.3 Å². The molecule has 1 heterocycles. The van der Waals surface area contributed by atoms with Gasteiger partial charge >= 0.3 is 0 Å². The number of carbonyl (C=O) groups is 1. The van der Waals surface area contributed by atoms with Crippen LogP contribution in [0.15, 0.2) is 65.8 Å². The van der Waals surface area contributed by atoms with Crippen LogP contribution in [-0.2, 0) is 11.3 Å². The van der Waals surface area contributed by atoms with Crippen LogP contribution < -0.4 is 5.32 Å². The van der Waals surface area contributed by atoms with Crippen LogP contribution in [0.25, 0.3) is 5.69 Å². The number of para-hydroxylation sites is 1. The second-order valence-electron chi connectivity index (χ2n) is 5.90. The molecule has 1 amide bonds. The molecule has 1 aromatic heterocycles. The van der Waals surface area contributed by atoms with Crippen LogP contribution in [0.4, 0.5) is 0 Å². The molecule has 0 aliphatic carbocycles. The lowest BCUT2D eigenvalue weighted by Crippen LogP contribution is -2.30. The number of nitrogens with one attached hydrogen (secondary N) is 1. The first kappa shape index (κ1) is 18.5. The molecule has 0 radical (unpaired) electrons. The molecule has 134 valence electrons. The van der Waals surface area contributed by atoms with Gasteiger partial charge in [-0.3, -0.25) is 4.79 Å². The zero-order valence-corrected chi connectivity index (χ0v) is 16.2. The van der Waals surface area contributed by atoms with Crippen LogP contribution in [0.5, 0.6) is 0 Å². The molecule has 3 aromatic rings. The van der Waals surface area contributed by atoms with E-state index in [1.807, 2.05) is 73.1 Å². The van der Waals surface area contributed by atoms with Gasteiger partial charge in [-0.15, -0.1) is 11.8 Å². The normalized spacial score (nSPS) is 12.0. The molecule has 2 aromatic carbocycles. The van der Waals surface area contributed by atoms with E-state index in [9.17, 15) is 4.79 Å². The number of amides is 1. The van der Waals surface area contributed by atoms with E-state index in [0.717, 1.165) is 22.0 Å². The first-order chi connectivity index (χ1) is 12.5. The smallest absolute Gasteiger partial charge is 0.233 e. The highest BCUT2D eigenvalue weighted by Gasteiger charge is 2.15. The van der Waals surface area contributed by atoms with Crippen molar-refractivity contribution < 1.29 is 4.79 Å². The summed E-state index contributed by atoms with van der Waals surface area (Å²) in [4.78, 5) is 17.8. The van der Waals surface area contributed by atoms with Crippen molar-refractivity contribution in [3.05, 3.63) is 77.3 Å². The Labute approximate surface area is 162 Å². The van der Waals surface area contributed by atoms with Crippen molar-refractivity contribution in [2.45, 2.75) is 30.5 Å². The third-order valence-electron chi connectivity index (χ3n) is 4.03. The molecule has 0 aliphatic heterocycles. The Morgan fingerprint density at radius 2 is 1.96 bits per heavy atom. The fourth-order valence-corrected chi connectivity index (χ4v) is 3.64. The van der Waals surface area contributed by atoms with Crippen molar-refractivity contribution in [3.63, 3.8) is 0 Å². The van der Waals surface area contributed by atoms with Crippen LogP contribution in [0.1, 0.15) is 18.3 Å². The standard InChI is InChI=1S/C20H20ClN3OS/c1-14(26-18-9-7-17(21)8-10-18)20(25)23-13-16-5-3-4-6-19(16)24-12-11-22-15(24)2/h3-12,14H,13H2,1-2H3,(H,23,25)/t14-/m1/s1. The third kappa shape index (κ3) is 4.48. The lowest BCUT2D eigenvalue weighted by molar-refractivity contribution is -0.120. The summed E-state index contributed by atoms with van der Waals surface area (Å²) >= 11 is 7.42. The Bertz CT molecular complexity index is 892. The number of halogens is 1. The quantitative estimate of drug-likeness (QED) is 0.629. The molecule has 6 heteroatoms. The number of hydrogen-bond acceptors (Lipinski definition) is 3. The van der Waals surface area contributed by atoms with Gasteiger partial charge < -0.3 is 9.88 Å². The zero-order chi connectivity index (χ0) is 18.5. The first-order valence-corrected chi connectivity index (χ1v) is 9.58. The summed E-state index contributed by atoms with van der Waals surface area (Å²) in [5.74, 6) is 0.914. The first-order valence-electron chi connectivity index (χ1n) is 8.33. The average molecular weight is 386 g/mol. The van der Waals surface area contributed by atoms with Gasteiger partial charge in [0.15, 0.2) is 0 Å². The number of rotatable bonds is 6. The van der Waals surface area contributed by atoms with Crippen LogP contribution in [0.3, 0.4) is 0 Å². The van der Waals surface area contributed by atoms with Gasteiger partial charge in [-0.1, -0.05) is 29.8 Å².